The molecule has 0 saturated carbocycles. The van der Waals surface area contributed by atoms with Gasteiger partial charge in [0.15, 0.2) is 0 Å². The van der Waals surface area contributed by atoms with Gasteiger partial charge >= 0.3 is 0 Å². The fourth-order valence-corrected chi connectivity index (χ4v) is 2.30. The Hall–Kier alpha value is -1.53. The van der Waals surface area contributed by atoms with E-state index in [1.54, 1.807) is 0 Å². The van der Waals surface area contributed by atoms with Gasteiger partial charge < -0.3 is 10.2 Å². The lowest BCUT2D eigenvalue weighted by Crippen LogP contribution is -2.40. The van der Waals surface area contributed by atoms with Gasteiger partial charge in [-0.05, 0) is 57.1 Å². The number of nitriles is 1. The molecule has 1 aliphatic rings. The SMILES string of the molecule is CC1CCNCCCN1c1ccc(C#N)cc1. The monoisotopic (exact) mass is 229 g/mol. The molecule has 1 N–H and O–H groups in total. The van der Waals surface area contributed by atoms with Crippen LogP contribution in [0.25, 0.3) is 0 Å². The Balaban J connectivity index is 2.14. The molecule has 3 nitrogen and oxygen atoms in total. The largest absolute Gasteiger partial charge is 0.369 e. The van der Waals surface area contributed by atoms with Crippen LogP contribution in [-0.2, 0) is 0 Å². The van der Waals surface area contributed by atoms with E-state index in [1.165, 1.54) is 18.5 Å². The second-order valence-electron chi connectivity index (χ2n) is 4.59. The van der Waals surface area contributed by atoms with Crippen molar-refractivity contribution in [2.24, 2.45) is 0 Å². The lowest BCUT2D eigenvalue weighted by molar-refractivity contribution is 0.499. The zero-order valence-corrected chi connectivity index (χ0v) is 10.3. The molecule has 0 aliphatic carbocycles. The maximum absolute atomic E-state index is 8.80. The first-order valence-corrected chi connectivity index (χ1v) is 6.29. The summed E-state index contributed by atoms with van der Waals surface area (Å²) >= 11 is 0. The lowest BCUT2D eigenvalue weighted by atomic mass is 10.1. The molecule has 1 saturated heterocycles. The van der Waals surface area contributed by atoms with Crippen LogP contribution >= 0.6 is 0 Å². The third-order valence-electron chi connectivity index (χ3n) is 3.35. The van der Waals surface area contributed by atoms with Crippen LogP contribution in [0.15, 0.2) is 24.3 Å². The Labute approximate surface area is 103 Å². The fourth-order valence-electron chi connectivity index (χ4n) is 2.30. The number of nitrogens with zero attached hydrogens (tertiary/aromatic N) is 2. The van der Waals surface area contributed by atoms with Crippen molar-refractivity contribution in [3.05, 3.63) is 29.8 Å². The molecule has 1 fully saturated rings. The van der Waals surface area contributed by atoms with Gasteiger partial charge in [0.1, 0.15) is 0 Å². The number of benzene rings is 1. The van der Waals surface area contributed by atoms with Crippen molar-refractivity contribution in [3.63, 3.8) is 0 Å². The maximum Gasteiger partial charge on any atom is 0.0991 e. The maximum atomic E-state index is 8.80. The first-order valence-electron chi connectivity index (χ1n) is 6.29. The summed E-state index contributed by atoms with van der Waals surface area (Å²) < 4.78 is 0. The second-order valence-corrected chi connectivity index (χ2v) is 4.59. The van der Waals surface area contributed by atoms with Gasteiger partial charge in [-0.15, -0.1) is 0 Å². The summed E-state index contributed by atoms with van der Waals surface area (Å²) in [4.78, 5) is 2.45. The fraction of sp³-hybridized carbons (Fsp3) is 0.500. The van der Waals surface area contributed by atoms with Crippen molar-refractivity contribution < 1.29 is 0 Å². The predicted octanol–water partition coefficient (Wildman–Crippen LogP) is 2.14. The standard InChI is InChI=1S/C14H19N3/c1-12-7-9-16-8-2-10-17(12)14-5-3-13(11-15)4-6-14/h3-6,12,16H,2,7-10H2,1H3. The number of nitrogens with one attached hydrogen (secondary N) is 1. The first kappa shape index (κ1) is 11.9. The molecule has 90 valence electrons. The summed E-state index contributed by atoms with van der Waals surface area (Å²) in [5.41, 5.74) is 1.97. The number of hydrogen-bond donors (Lipinski definition) is 1. The summed E-state index contributed by atoms with van der Waals surface area (Å²) in [6, 6.07) is 10.6. The zero-order valence-electron chi connectivity index (χ0n) is 10.3. The van der Waals surface area contributed by atoms with Gasteiger partial charge in [0, 0.05) is 18.3 Å². The number of rotatable bonds is 1. The van der Waals surface area contributed by atoms with E-state index in [-0.39, 0.29) is 0 Å². The highest BCUT2D eigenvalue weighted by Crippen LogP contribution is 2.20. The van der Waals surface area contributed by atoms with Gasteiger partial charge in [0.25, 0.3) is 0 Å². The van der Waals surface area contributed by atoms with Crippen LogP contribution < -0.4 is 10.2 Å². The lowest BCUT2D eigenvalue weighted by Gasteiger charge is -2.33. The molecule has 1 aromatic rings. The molecule has 1 atom stereocenters. The molecule has 3 heteroatoms. The van der Waals surface area contributed by atoms with Gasteiger partial charge in [-0.25, -0.2) is 0 Å². The van der Waals surface area contributed by atoms with E-state index in [4.69, 9.17) is 5.26 Å². The van der Waals surface area contributed by atoms with Gasteiger partial charge in [-0.2, -0.15) is 5.26 Å². The van der Waals surface area contributed by atoms with Gasteiger partial charge in [0.05, 0.1) is 11.6 Å². The Bertz CT molecular complexity index is 391. The van der Waals surface area contributed by atoms with E-state index in [9.17, 15) is 0 Å². The summed E-state index contributed by atoms with van der Waals surface area (Å²) in [6.45, 7) is 5.54. The quantitative estimate of drug-likeness (QED) is 0.802. The van der Waals surface area contributed by atoms with Crippen molar-refractivity contribution in [1.82, 2.24) is 5.32 Å². The average Bonchev–Trinajstić information content (AvgIpc) is 2.35. The smallest absolute Gasteiger partial charge is 0.0991 e. The molecule has 17 heavy (non-hydrogen) atoms. The molecule has 1 unspecified atom stereocenters. The molecular formula is C14H19N3. The van der Waals surface area contributed by atoms with Crippen LogP contribution in [0.2, 0.25) is 0 Å². The van der Waals surface area contributed by atoms with Crippen molar-refractivity contribution >= 4 is 5.69 Å². The van der Waals surface area contributed by atoms with E-state index >= 15 is 0 Å². The summed E-state index contributed by atoms with van der Waals surface area (Å²) in [5.74, 6) is 0. The van der Waals surface area contributed by atoms with E-state index in [1.807, 2.05) is 12.1 Å². The topological polar surface area (TPSA) is 39.1 Å². The van der Waals surface area contributed by atoms with Crippen LogP contribution in [0.5, 0.6) is 0 Å². The van der Waals surface area contributed by atoms with E-state index < -0.39 is 0 Å². The minimum atomic E-state index is 0.552. The highest BCUT2D eigenvalue weighted by molar-refractivity contribution is 5.50. The molecule has 0 aromatic heterocycles. The molecule has 1 aliphatic heterocycles. The van der Waals surface area contributed by atoms with Crippen LogP contribution in [0.1, 0.15) is 25.3 Å². The van der Waals surface area contributed by atoms with Crippen LogP contribution in [0, 0.1) is 11.3 Å². The highest BCUT2D eigenvalue weighted by Gasteiger charge is 2.15. The zero-order chi connectivity index (χ0) is 12.1. The molecule has 0 spiro atoms. The average molecular weight is 229 g/mol. The Morgan fingerprint density at radius 1 is 1.29 bits per heavy atom. The Morgan fingerprint density at radius 3 is 2.76 bits per heavy atom. The van der Waals surface area contributed by atoms with Crippen molar-refractivity contribution in [2.75, 3.05) is 24.5 Å². The van der Waals surface area contributed by atoms with Crippen molar-refractivity contribution in [2.45, 2.75) is 25.8 Å². The first-order chi connectivity index (χ1) is 8.31. The Morgan fingerprint density at radius 2 is 2.06 bits per heavy atom. The number of hydrogen-bond acceptors (Lipinski definition) is 3. The van der Waals surface area contributed by atoms with Crippen LogP contribution in [-0.4, -0.2) is 25.7 Å². The highest BCUT2D eigenvalue weighted by atomic mass is 15.2. The third kappa shape index (κ3) is 2.98. The summed E-state index contributed by atoms with van der Waals surface area (Å²) in [6.07, 6.45) is 2.34. The van der Waals surface area contributed by atoms with Crippen molar-refractivity contribution in [3.8, 4) is 6.07 Å². The third-order valence-corrected chi connectivity index (χ3v) is 3.35. The van der Waals surface area contributed by atoms with Gasteiger partial charge in [-0.3, -0.25) is 0 Å². The minimum absolute atomic E-state index is 0.552. The molecule has 1 aromatic carbocycles. The van der Waals surface area contributed by atoms with Gasteiger partial charge in [-0.1, -0.05) is 0 Å². The Kier molecular flexibility index (Phi) is 4.00. The second kappa shape index (κ2) is 5.70. The van der Waals surface area contributed by atoms with E-state index in [2.05, 4.69) is 35.3 Å². The van der Waals surface area contributed by atoms with Crippen LogP contribution in [0.3, 0.4) is 0 Å². The summed E-state index contributed by atoms with van der Waals surface area (Å²) in [7, 11) is 0. The van der Waals surface area contributed by atoms with Crippen molar-refractivity contribution in [1.29, 1.82) is 5.26 Å². The molecule has 0 bridgehead atoms. The van der Waals surface area contributed by atoms with Crippen LogP contribution in [0.4, 0.5) is 5.69 Å². The molecule has 1 heterocycles. The van der Waals surface area contributed by atoms with E-state index in [0.29, 0.717) is 6.04 Å². The molecule has 2 rings (SSSR count). The predicted molar refractivity (Wildman–Crippen MR) is 70.1 cm³/mol. The molecule has 0 amide bonds. The van der Waals surface area contributed by atoms with E-state index in [0.717, 1.165) is 25.2 Å². The minimum Gasteiger partial charge on any atom is -0.369 e. The summed E-state index contributed by atoms with van der Waals surface area (Å²) in [5, 5.41) is 12.2. The number of anilines is 1. The normalized spacial score (nSPS) is 21.4. The van der Waals surface area contributed by atoms with Gasteiger partial charge in [0.2, 0.25) is 0 Å². The molecule has 0 radical (unpaired) electrons. The molecular weight excluding hydrogens is 210 g/mol.